The second kappa shape index (κ2) is 7.14. The largest absolute Gasteiger partial charge is 0.381 e. The third-order valence-electron chi connectivity index (χ3n) is 3.59. The fraction of sp³-hybridized carbons (Fsp3) is 0.294. The van der Waals surface area contributed by atoms with Crippen LogP contribution < -0.4 is 5.32 Å². The van der Waals surface area contributed by atoms with Crippen molar-refractivity contribution in [2.75, 3.05) is 5.32 Å². The maximum Gasteiger partial charge on any atom is 0.0467 e. The topological polar surface area (TPSA) is 12.0 Å². The van der Waals surface area contributed by atoms with Gasteiger partial charge in [-0.2, -0.15) is 0 Å². The highest BCUT2D eigenvalue weighted by atomic mass is 79.9. The van der Waals surface area contributed by atoms with Crippen LogP contribution in [0.5, 0.6) is 0 Å². The van der Waals surface area contributed by atoms with E-state index < -0.39 is 0 Å². The highest BCUT2D eigenvalue weighted by molar-refractivity contribution is 9.10. The van der Waals surface area contributed by atoms with Crippen molar-refractivity contribution in [1.29, 1.82) is 0 Å². The van der Waals surface area contributed by atoms with E-state index in [0.717, 1.165) is 27.3 Å². The summed E-state index contributed by atoms with van der Waals surface area (Å²) in [6.07, 6.45) is 1.17. The molecule has 0 spiro atoms. The molecule has 0 aliphatic heterocycles. The Kier molecular flexibility index (Phi) is 5.50. The van der Waals surface area contributed by atoms with Gasteiger partial charge in [-0.25, -0.2) is 0 Å². The Morgan fingerprint density at radius 3 is 2.45 bits per heavy atom. The Morgan fingerprint density at radius 1 is 1.15 bits per heavy atom. The minimum Gasteiger partial charge on any atom is -0.381 e. The van der Waals surface area contributed by atoms with Crippen LogP contribution in [0.3, 0.4) is 0 Å². The van der Waals surface area contributed by atoms with Crippen LogP contribution >= 0.6 is 27.5 Å². The van der Waals surface area contributed by atoms with Crippen molar-refractivity contribution < 1.29 is 0 Å². The van der Waals surface area contributed by atoms with E-state index in [0.29, 0.717) is 5.92 Å². The molecule has 2 rings (SSSR count). The molecule has 1 nitrogen and oxygen atoms in total. The zero-order valence-corrected chi connectivity index (χ0v) is 14.1. The summed E-state index contributed by atoms with van der Waals surface area (Å²) in [5.74, 6) is 0.616. The van der Waals surface area contributed by atoms with Crippen molar-refractivity contribution in [1.82, 2.24) is 0 Å². The third kappa shape index (κ3) is 4.00. The van der Waals surface area contributed by atoms with Gasteiger partial charge in [0.15, 0.2) is 0 Å². The summed E-state index contributed by atoms with van der Waals surface area (Å²) in [5.41, 5.74) is 3.61. The Bertz CT molecular complexity index is 566. The third-order valence-corrected chi connectivity index (χ3v) is 4.44. The predicted octanol–water partition coefficient (Wildman–Crippen LogP) is 6.23. The Labute approximate surface area is 134 Å². The zero-order chi connectivity index (χ0) is 14.5. The Morgan fingerprint density at radius 2 is 1.85 bits per heavy atom. The van der Waals surface area contributed by atoms with Gasteiger partial charge in [-0.05, 0) is 47.7 Å². The monoisotopic (exact) mass is 351 g/mol. The molecule has 2 aromatic carbocycles. The van der Waals surface area contributed by atoms with Gasteiger partial charge in [-0.15, -0.1) is 0 Å². The van der Waals surface area contributed by atoms with Gasteiger partial charge in [-0.3, -0.25) is 0 Å². The first kappa shape index (κ1) is 15.4. The van der Waals surface area contributed by atoms with Crippen molar-refractivity contribution in [3.63, 3.8) is 0 Å². The van der Waals surface area contributed by atoms with E-state index in [-0.39, 0.29) is 0 Å². The summed E-state index contributed by atoms with van der Waals surface area (Å²) in [5, 5.41) is 4.19. The lowest BCUT2D eigenvalue weighted by molar-refractivity contribution is 0.734. The summed E-state index contributed by atoms with van der Waals surface area (Å²) in [6.45, 7) is 5.20. The predicted molar refractivity (Wildman–Crippen MR) is 91.6 cm³/mol. The molecule has 0 aromatic heterocycles. The van der Waals surface area contributed by atoms with E-state index in [2.05, 4.69) is 59.4 Å². The minimum atomic E-state index is 0.616. The molecule has 0 bridgehead atoms. The fourth-order valence-electron chi connectivity index (χ4n) is 2.03. The molecule has 0 saturated carbocycles. The lowest BCUT2D eigenvalue weighted by Gasteiger charge is -2.12. The van der Waals surface area contributed by atoms with Crippen LogP contribution in [0.1, 0.15) is 37.3 Å². The van der Waals surface area contributed by atoms with Crippen LogP contribution in [0.25, 0.3) is 0 Å². The molecule has 106 valence electrons. The standard InChI is InChI=1S/C17H19BrClN/c1-3-12(2)13-5-8-16(9-6-13)20-11-14-4-7-15(18)10-17(14)19/h4-10,12,20H,3,11H2,1-2H3. The highest BCUT2D eigenvalue weighted by Gasteiger charge is 2.03. The molecule has 0 fully saturated rings. The smallest absolute Gasteiger partial charge is 0.0467 e. The lowest BCUT2D eigenvalue weighted by Crippen LogP contribution is -2.00. The summed E-state index contributed by atoms with van der Waals surface area (Å²) >= 11 is 9.63. The van der Waals surface area contributed by atoms with Gasteiger partial charge in [0.1, 0.15) is 0 Å². The normalized spacial score (nSPS) is 12.2. The summed E-state index contributed by atoms with van der Waals surface area (Å²) in [6, 6.07) is 14.6. The molecule has 0 saturated heterocycles. The molecular weight excluding hydrogens is 334 g/mol. The van der Waals surface area contributed by atoms with Crippen LogP contribution in [-0.4, -0.2) is 0 Å². The van der Waals surface area contributed by atoms with Crippen molar-refractivity contribution in [2.45, 2.75) is 32.7 Å². The fourth-order valence-corrected chi connectivity index (χ4v) is 2.77. The average Bonchev–Trinajstić information content (AvgIpc) is 2.46. The molecule has 2 aromatic rings. The van der Waals surface area contributed by atoms with E-state index in [4.69, 9.17) is 11.6 Å². The second-order valence-electron chi connectivity index (χ2n) is 5.02. The summed E-state index contributed by atoms with van der Waals surface area (Å²) in [7, 11) is 0. The van der Waals surface area contributed by atoms with Crippen LogP contribution in [0.15, 0.2) is 46.9 Å². The van der Waals surface area contributed by atoms with Crippen LogP contribution in [0.2, 0.25) is 5.02 Å². The van der Waals surface area contributed by atoms with Gasteiger partial charge in [0.2, 0.25) is 0 Å². The minimum absolute atomic E-state index is 0.616. The Balaban J connectivity index is 2.00. The molecule has 0 aliphatic rings. The molecule has 1 atom stereocenters. The number of nitrogens with one attached hydrogen (secondary N) is 1. The molecule has 0 heterocycles. The first-order chi connectivity index (χ1) is 9.60. The van der Waals surface area contributed by atoms with Crippen molar-refractivity contribution >= 4 is 33.2 Å². The molecule has 0 radical (unpaired) electrons. The maximum absolute atomic E-state index is 6.21. The van der Waals surface area contributed by atoms with Crippen molar-refractivity contribution in [3.8, 4) is 0 Å². The first-order valence-corrected chi connectivity index (χ1v) is 8.05. The van der Waals surface area contributed by atoms with Gasteiger partial charge in [0.05, 0.1) is 0 Å². The van der Waals surface area contributed by atoms with Crippen LogP contribution in [0, 0.1) is 0 Å². The van der Waals surface area contributed by atoms with Crippen molar-refractivity contribution in [2.24, 2.45) is 0 Å². The van der Waals surface area contributed by atoms with Gasteiger partial charge in [0.25, 0.3) is 0 Å². The molecule has 3 heteroatoms. The molecule has 1 N–H and O–H groups in total. The number of anilines is 1. The summed E-state index contributed by atoms with van der Waals surface area (Å²) < 4.78 is 1.00. The number of halogens is 2. The summed E-state index contributed by atoms with van der Waals surface area (Å²) in [4.78, 5) is 0. The molecule has 0 amide bonds. The van der Waals surface area contributed by atoms with Crippen LogP contribution in [-0.2, 0) is 6.54 Å². The molecule has 0 aliphatic carbocycles. The average molecular weight is 353 g/mol. The van der Waals surface area contributed by atoms with E-state index in [1.807, 2.05) is 18.2 Å². The first-order valence-electron chi connectivity index (χ1n) is 6.88. The van der Waals surface area contributed by atoms with Gasteiger partial charge < -0.3 is 5.32 Å². The number of hydrogen-bond acceptors (Lipinski definition) is 1. The Hall–Kier alpha value is -0.990. The lowest BCUT2D eigenvalue weighted by atomic mass is 9.99. The zero-order valence-electron chi connectivity index (χ0n) is 11.8. The highest BCUT2D eigenvalue weighted by Crippen LogP contribution is 2.23. The van der Waals surface area contributed by atoms with Crippen molar-refractivity contribution in [3.05, 3.63) is 63.1 Å². The van der Waals surface area contributed by atoms with Gasteiger partial charge in [-0.1, -0.05) is 59.6 Å². The quantitative estimate of drug-likeness (QED) is 0.672. The number of benzene rings is 2. The van der Waals surface area contributed by atoms with E-state index >= 15 is 0 Å². The number of hydrogen-bond donors (Lipinski definition) is 1. The molecule has 1 unspecified atom stereocenters. The molecule has 20 heavy (non-hydrogen) atoms. The number of rotatable bonds is 5. The maximum atomic E-state index is 6.21. The van der Waals surface area contributed by atoms with E-state index in [1.54, 1.807) is 0 Å². The van der Waals surface area contributed by atoms with Gasteiger partial charge in [0, 0.05) is 21.7 Å². The SMILES string of the molecule is CCC(C)c1ccc(NCc2ccc(Br)cc2Cl)cc1. The van der Waals surface area contributed by atoms with E-state index in [9.17, 15) is 0 Å². The van der Waals surface area contributed by atoms with Gasteiger partial charge >= 0.3 is 0 Å². The van der Waals surface area contributed by atoms with E-state index in [1.165, 1.54) is 12.0 Å². The van der Waals surface area contributed by atoms with Crippen LogP contribution in [0.4, 0.5) is 5.69 Å². The molecular formula is C17H19BrClN. The second-order valence-corrected chi connectivity index (χ2v) is 6.34.